The molecule has 140 valence electrons. The summed E-state index contributed by atoms with van der Waals surface area (Å²) < 4.78 is 15.8. The normalized spacial score (nSPS) is 12.4. The highest BCUT2D eigenvalue weighted by atomic mass is 19.1. The molecule has 2 rings (SSSR count). The third-order valence-electron chi connectivity index (χ3n) is 5.43. The van der Waals surface area contributed by atoms with E-state index in [2.05, 4.69) is 65.8 Å². The maximum Gasteiger partial charge on any atom is 0.414 e. The molecule has 0 saturated heterocycles. The average molecular weight is 352 g/mol. The Morgan fingerprint density at radius 2 is 0.808 bits per heavy atom. The molecule has 0 aromatic heterocycles. The lowest BCUT2D eigenvalue weighted by Crippen LogP contribution is -2.44. The zero-order valence-electron chi connectivity index (χ0n) is 18.3. The van der Waals surface area contributed by atoms with Gasteiger partial charge in [0.05, 0.1) is 0 Å². The lowest BCUT2D eigenvalue weighted by molar-refractivity contribution is 0.589. The fourth-order valence-corrected chi connectivity index (χ4v) is 3.76. The first-order valence-corrected chi connectivity index (χ1v) is 9.60. The van der Waals surface area contributed by atoms with Crippen molar-refractivity contribution in [3.05, 3.63) is 57.6 Å². The first kappa shape index (κ1) is 20.7. The van der Waals surface area contributed by atoms with Crippen molar-refractivity contribution >= 4 is 17.9 Å². The topological polar surface area (TPSA) is 0 Å². The maximum atomic E-state index is 15.8. The minimum Gasteiger partial charge on any atom is -0.322 e. The van der Waals surface area contributed by atoms with Crippen LogP contribution in [-0.2, 0) is 10.8 Å². The van der Waals surface area contributed by atoms with E-state index in [1.807, 2.05) is 27.7 Å². The molecule has 0 nitrogen and oxygen atoms in total. The molecular formula is C24H34BF. The first-order valence-electron chi connectivity index (χ1n) is 9.60. The summed E-state index contributed by atoms with van der Waals surface area (Å²) in [6.45, 7) is 20.3. The predicted molar refractivity (Wildman–Crippen MR) is 115 cm³/mol. The fourth-order valence-electron chi connectivity index (χ4n) is 3.76. The molecule has 0 aliphatic rings. The molecule has 0 amide bonds. The number of benzene rings is 2. The number of hydrogen-bond donors (Lipinski definition) is 0. The van der Waals surface area contributed by atoms with E-state index < -0.39 is 6.99 Å². The van der Waals surface area contributed by atoms with Gasteiger partial charge in [-0.1, -0.05) is 88.1 Å². The van der Waals surface area contributed by atoms with Crippen molar-refractivity contribution in [3.8, 4) is 0 Å². The number of hydrogen-bond acceptors (Lipinski definition) is 0. The molecule has 0 bridgehead atoms. The van der Waals surface area contributed by atoms with E-state index in [0.717, 1.165) is 33.2 Å². The van der Waals surface area contributed by atoms with Crippen LogP contribution in [0.2, 0.25) is 0 Å². The fraction of sp³-hybridized carbons (Fsp3) is 0.500. The Bertz CT molecular complexity index is 704. The van der Waals surface area contributed by atoms with Crippen LogP contribution in [0.3, 0.4) is 0 Å². The monoisotopic (exact) mass is 352 g/mol. The van der Waals surface area contributed by atoms with E-state index in [0.29, 0.717) is 0 Å². The van der Waals surface area contributed by atoms with Crippen LogP contribution in [0.1, 0.15) is 74.9 Å². The minimum atomic E-state index is -1.09. The predicted octanol–water partition coefficient (Wildman–Crippen LogP) is 5.59. The molecule has 0 atom stereocenters. The van der Waals surface area contributed by atoms with Crippen LogP contribution >= 0.6 is 0 Å². The zero-order valence-corrected chi connectivity index (χ0v) is 18.3. The number of aryl methyl sites for hydroxylation is 4. The number of rotatable bonds is 2. The summed E-state index contributed by atoms with van der Waals surface area (Å²) in [6.07, 6.45) is 0. The standard InChI is InChI=1S/C24H34BF/c1-15-11-19(23(5,6)7)12-16(2)21(15)25(26)22-17(3)13-20(14-18(22)4)24(8,9)10/h11-14H,1-10H3. The Kier molecular flexibility index (Phi) is 5.48. The largest absolute Gasteiger partial charge is 0.414 e. The Balaban J connectivity index is 2.59. The summed E-state index contributed by atoms with van der Waals surface area (Å²) in [6, 6.07) is 8.62. The van der Waals surface area contributed by atoms with Crippen LogP contribution in [0, 0.1) is 27.7 Å². The SMILES string of the molecule is Cc1cc(C(C)(C)C)cc(C)c1B(F)c1c(C)cc(C(C)(C)C)cc1C. The van der Waals surface area contributed by atoms with E-state index in [-0.39, 0.29) is 10.8 Å². The van der Waals surface area contributed by atoms with Gasteiger partial charge in [0.15, 0.2) is 0 Å². The minimum absolute atomic E-state index is 0.0695. The van der Waals surface area contributed by atoms with Gasteiger partial charge in [0.25, 0.3) is 0 Å². The molecule has 0 radical (unpaired) electrons. The van der Waals surface area contributed by atoms with Crippen LogP contribution < -0.4 is 10.9 Å². The zero-order chi connectivity index (χ0) is 20.0. The van der Waals surface area contributed by atoms with E-state index in [1.54, 1.807) is 0 Å². The smallest absolute Gasteiger partial charge is 0.322 e. The van der Waals surface area contributed by atoms with Crippen molar-refractivity contribution in [2.75, 3.05) is 0 Å². The molecule has 0 unspecified atom stereocenters. The third kappa shape index (κ3) is 4.05. The van der Waals surface area contributed by atoms with Gasteiger partial charge in [0.1, 0.15) is 0 Å². The molecule has 0 fully saturated rings. The molecular weight excluding hydrogens is 318 g/mol. The molecule has 0 aliphatic heterocycles. The third-order valence-corrected chi connectivity index (χ3v) is 5.43. The van der Waals surface area contributed by atoms with E-state index >= 15 is 4.32 Å². The van der Waals surface area contributed by atoms with Crippen LogP contribution in [-0.4, -0.2) is 6.99 Å². The molecule has 0 saturated carbocycles. The Labute approximate surface area is 160 Å². The van der Waals surface area contributed by atoms with Gasteiger partial charge in [-0.3, -0.25) is 0 Å². The van der Waals surface area contributed by atoms with Crippen molar-refractivity contribution in [1.29, 1.82) is 0 Å². The Morgan fingerprint density at radius 1 is 0.577 bits per heavy atom. The van der Waals surface area contributed by atoms with Gasteiger partial charge in [0.2, 0.25) is 0 Å². The summed E-state index contributed by atoms with van der Waals surface area (Å²) in [5, 5.41) is 0. The van der Waals surface area contributed by atoms with Gasteiger partial charge < -0.3 is 4.32 Å². The van der Waals surface area contributed by atoms with Crippen molar-refractivity contribution < 1.29 is 4.32 Å². The molecule has 0 spiro atoms. The highest BCUT2D eigenvalue weighted by molar-refractivity contribution is 6.81. The maximum absolute atomic E-state index is 15.8. The Hall–Kier alpha value is -1.57. The molecule has 0 N–H and O–H groups in total. The van der Waals surface area contributed by atoms with E-state index in [1.165, 1.54) is 11.1 Å². The van der Waals surface area contributed by atoms with Crippen LogP contribution in [0.15, 0.2) is 24.3 Å². The molecule has 26 heavy (non-hydrogen) atoms. The highest BCUT2D eigenvalue weighted by Gasteiger charge is 2.29. The quantitative estimate of drug-likeness (QED) is 0.618. The van der Waals surface area contributed by atoms with E-state index in [4.69, 9.17) is 0 Å². The lowest BCUT2D eigenvalue weighted by atomic mass is 9.53. The molecule has 2 heteroatoms. The summed E-state index contributed by atoms with van der Waals surface area (Å²) >= 11 is 0. The van der Waals surface area contributed by atoms with Crippen molar-refractivity contribution in [2.45, 2.75) is 80.1 Å². The number of halogens is 1. The summed E-state index contributed by atoms with van der Waals surface area (Å²) in [4.78, 5) is 0. The van der Waals surface area contributed by atoms with Crippen molar-refractivity contribution in [2.24, 2.45) is 0 Å². The summed E-state index contributed by atoms with van der Waals surface area (Å²) in [5.74, 6) is 0. The second-order valence-corrected chi connectivity index (χ2v) is 9.91. The van der Waals surface area contributed by atoms with Gasteiger partial charge in [-0.2, -0.15) is 0 Å². The van der Waals surface area contributed by atoms with Crippen LogP contribution in [0.4, 0.5) is 4.32 Å². The first-order chi connectivity index (χ1) is 11.7. The van der Waals surface area contributed by atoms with Gasteiger partial charge >= 0.3 is 6.99 Å². The van der Waals surface area contributed by atoms with Crippen molar-refractivity contribution in [1.82, 2.24) is 0 Å². The second kappa shape index (κ2) is 6.87. The van der Waals surface area contributed by atoms with Gasteiger partial charge in [-0.15, -0.1) is 0 Å². The Morgan fingerprint density at radius 3 is 1.00 bits per heavy atom. The summed E-state index contributed by atoms with van der Waals surface area (Å²) in [7, 11) is 0. The van der Waals surface area contributed by atoms with Crippen molar-refractivity contribution in [3.63, 3.8) is 0 Å². The van der Waals surface area contributed by atoms with Gasteiger partial charge in [-0.05, 0) is 60.6 Å². The highest BCUT2D eigenvalue weighted by Crippen LogP contribution is 2.26. The van der Waals surface area contributed by atoms with Crippen LogP contribution in [0.25, 0.3) is 0 Å². The molecule has 2 aromatic rings. The summed E-state index contributed by atoms with van der Waals surface area (Å²) in [5.41, 5.74) is 8.49. The lowest BCUT2D eigenvalue weighted by Gasteiger charge is -2.25. The van der Waals surface area contributed by atoms with Gasteiger partial charge in [0, 0.05) is 0 Å². The molecule has 0 heterocycles. The van der Waals surface area contributed by atoms with Gasteiger partial charge in [-0.25, -0.2) is 0 Å². The second-order valence-electron chi connectivity index (χ2n) is 9.91. The molecule has 0 aliphatic carbocycles. The van der Waals surface area contributed by atoms with E-state index in [9.17, 15) is 0 Å². The van der Waals surface area contributed by atoms with Crippen LogP contribution in [0.5, 0.6) is 0 Å². The molecule has 2 aromatic carbocycles. The average Bonchev–Trinajstić information content (AvgIpc) is 2.43.